The fourth-order valence-corrected chi connectivity index (χ4v) is 4.26. The Morgan fingerprint density at radius 1 is 1.22 bits per heavy atom. The van der Waals surface area contributed by atoms with Gasteiger partial charge in [-0.15, -0.1) is 0 Å². The second-order valence-corrected chi connectivity index (χ2v) is 8.20. The molecule has 0 spiro atoms. The summed E-state index contributed by atoms with van der Waals surface area (Å²) in [6.07, 6.45) is 0.771. The molecule has 0 saturated carbocycles. The Bertz CT molecular complexity index is 900. The van der Waals surface area contributed by atoms with Crippen LogP contribution in [0.4, 0.5) is 0 Å². The molecule has 144 valence electrons. The van der Waals surface area contributed by atoms with Crippen LogP contribution in [-0.4, -0.2) is 39.2 Å². The number of rotatable bonds is 8. The molecule has 0 fully saturated rings. The standard InChI is InChI=1S/C19H22N2O5S/c22-19(23)12-26-16-6-7-17-15(10-16)8-9-20-18(17)11-21-27(24,25)13-14-4-2-1-3-5-14/h1-7,10,18,20-21H,8-9,11-13H2,(H,22,23). The lowest BCUT2D eigenvalue weighted by molar-refractivity contribution is -0.139. The fraction of sp³-hybridized carbons (Fsp3) is 0.316. The molecule has 1 aliphatic heterocycles. The molecular formula is C19H22N2O5S. The van der Waals surface area contributed by atoms with Gasteiger partial charge in [-0.25, -0.2) is 17.9 Å². The summed E-state index contributed by atoms with van der Waals surface area (Å²) in [5.74, 6) is -0.586. The van der Waals surface area contributed by atoms with Crippen molar-refractivity contribution < 1.29 is 23.1 Å². The lowest BCUT2D eigenvalue weighted by Crippen LogP contribution is -2.39. The molecule has 0 saturated heterocycles. The van der Waals surface area contributed by atoms with Crippen molar-refractivity contribution in [3.05, 3.63) is 65.2 Å². The predicted octanol–water partition coefficient (Wildman–Crippen LogP) is 1.46. The van der Waals surface area contributed by atoms with Gasteiger partial charge in [0.25, 0.3) is 0 Å². The van der Waals surface area contributed by atoms with E-state index >= 15 is 0 Å². The minimum Gasteiger partial charge on any atom is -0.482 e. The summed E-state index contributed by atoms with van der Waals surface area (Å²) in [5, 5.41) is 12.0. The average Bonchev–Trinajstić information content (AvgIpc) is 2.65. The van der Waals surface area contributed by atoms with Crippen molar-refractivity contribution in [1.82, 2.24) is 10.0 Å². The number of sulfonamides is 1. The van der Waals surface area contributed by atoms with Gasteiger partial charge >= 0.3 is 5.97 Å². The van der Waals surface area contributed by atoms with E-state index in [9.17, 15) is 13.2 Å². The highest BCUT2D eigenvalue weighted by Crippen LogP contribution is 2.26. The Balaban J connectivity index is 1.64. The quantitative estimate of drug-likeness (QED) is 0.630. The van der Waals surface area contributed by atoms with Crippen LogP contribution in [0.2, 0.25) is 0 Å². The lowest BCUT2D eigenvalue weighted by atomic mass is 9.94. The zero-order chi connectivity index (χ0) is 19.3. The summed E-state index contributed by atoms with van der Waals surface area (Å²) in [6, 6.07) is 14.3. The number of nitrogens with one attached hydrogen (secondary N) is 2. The molecular weight excluding hydrogens is 368 g/mol. The molecule has 3 N–H and O–H groups in total. The fourth-order valence-electron chi connectivity index (χ4n) is 3.10. The number of carboxylic acid groups (broad SMARTS) is 1. The smallest absolute Gasteiger partial charge is 0.341 e. The summed E-state index contributed by atoms with van der Waals surface area (Å²) < 4.78 is 32.6. The maximum atomic E-state index is 12.3. The number of hydrogen-bond donors (Lipinski definition) is 3. The van der Waals surface area contributed by atoms with Crippen LogP contribution in [0, 0.1) is 0 Å². The van der Waals surface area contributed by atoms with Crippen LogP contribution < -0.4 is 14.8 Å². The van der Waals surface area contributed by atoms with E-state index in [0.717, 1.165) is 23.1 Å². The number of carboxylic acids is 1. The van der Waals surface area contributed by atoms with Gasteiger partial charge in [0.05, 0.1) is 5.75 Å². The SMILES string of the molecule is O=C(O)COc1ccc2c(c1)CCNC2CNS(=O)(=O)Cc1ccccc1. The molecule has 0 radical (unpaired) electrons. The van der Waals surface area contributed by atoms with Gasteiger partial charge in [0.2, 0.25) is 10.0 Å². The average molecular weight is 390 g/mol. The van der Waals surface area contributed by atoms with E-state index in [1.165, 1.54) is 0 Å². The largest absolute Gasteiger partial charge is 0.482 e. The van der Waals surface area contributed by atoms with Crippen molar-refractivity contribution in [2.75, 3.05) is 19.7 Å². The normalized spacial score (nSPS) is 16.5. The maximum absolute atomic E-state index is 12.3. The monoisotopic (exact) mass is 390 g/mol. The molecule has 0 amide bonds. The van der Waals surface area contributed by atoms with Crippen LogP contribution in [0.3, 0.4) is 0 Å². The third-order valence-electron chi connectivity index (χ3n) is 4.34. The molecule has 1 heterocycles. The molecule has 2 aromatic rings. The second-order valence-electron chi connectivity index (χ2n) is 6.39. The molecule has 27 heavy (non-hydrogen) atoms. The minimum atomic E-state index is -3.44. The number of benzene rings is 2. The number of fused-ring (bicyclic) bond motifs is 1. The van der Waals surface area contributed by atoms with Crippen molar-refractivity contribution >= 4 is 16.0 Å². The van der Waals surface area contributed by atoms with Crippen molar-refractivity contribution in [2.24, 2.45) is 0 Å². The van der Waals surface area contributed by atoms with Gasteiger partial charge in [0, 0.05) is 12.6 Å². The highest BCUT2D eigenvalue weighted by molar-refractivity contribution is 7.88. The van der Waals surface area contributed by atoms with Crippen molar-refractivity contribution in [3.63, 3.8) is 0 Å². The summed E-state index contributed by atoms with van der Waals surface area (Å²) in [4.78, 5) is 10.6. The van der Waals surface area contributed by atoms with Gasteiger partial charge in [-0.05, 0) is 41.8 Å². The van der Waals surface area contributed by atoms with Crippen molar-refractivity contribution in [3.8, 4) is 5.75 Å². The zero-order valence-corrected chi connectivity index (χ0v) is 15.5. The highest BCUT2D eigenvalue weighted by atomic mass is 32.2. The molecule has 0 bridgehead atoms. The van der Waals surface area contributed by atoms with Crippen LogP contribution in [0.1, 0.15) is 22.7 Å². The first-order chi connectivity index (χ1) is 12.9. The number of hydrogen-bond acceptors (Lipinski definition) is 5. The van der Waals surface area contributed by atoms with Crippen LogP contribution in [0.5, 0.6) is 5.75 Å². The molecule has 2 aromatic carbocycles. The Labute approximate surface area is 158 Å². The van der Waals surface area contributed by atoms with E-state index in [-0.39, 0.29) is 24.9 Å². The molecule has 1 aliphatic rings. The summed E-state index contributed by atoms with van der Waals surface area (Å²) in [7, 11) is -3.44. The Hall–Kier alpha value is -2.42. The van der Waals surface area contributed by atoms with Crippen molar-refractivity contribution in [2.45, 2.75) is 18.2 Å². The Morgan fingerprint density at radius 2 is 2.00 bits per heavy atom. The highest BCUT2D eigenvalue weighted by Gasteiger charge is 2.22. The minimum absolute atomic E-state index is 0.0601. The number of aliphatic carboxylic acids is 1. The van der Waals surface area contributed by atoms with Crippen LogP contribution in [-0.2, 0) is 27.0 Å². The van der Waals surface area contributed by atoms with Gasteiger partial charge in [0.15, 0.2) is 6.61 Å². The molecule has 7 nitrogen and oxygen atoms in total. The molecule has 1 unspecified atom stereocenters. The van der Waals surface area contributed by atoms with E-state index in [1.54, 1.807) is 18.2 Å². The van der Waals surface area contributed by atoms with Gasteiger partial charge in [-0.1, -0.05) is 36.4 Å². The van der Waals surface area contributed by atoms with Crippen LogP contribution >= 0.6 is 0 Å². The van der Waals surface area contributed by atoms with E-state index in [1.807, 2.05) is 30.3 Å². The first kappa shape index (κ1) is 19.3. The van der Waals surface area contributed by atoms with E-state index in [0.29, 0.717) is 12.3 Å². The molecule has 1 atom stereocenters. The zero-order valence-electron chi connectivity index (χ0n) is 14.7. The number of carbonyl (C=O) groups is 1. The van der Waals surface area contributed by atoms with E-state index in [4.69, 9.17) is 9.84 Å². The summed E-state index contributed by atoms with van der Waals surface area (Å²) in [5.41, 5.74) is 2.76. The van der Waals surface area contributed by atoms with Crippen LogP contribution in [0.25, 0.3) is 0 Å². The first-order valence-electron chi connectivity index (χ1n) is 8.65. The van der Waals surface area contributed by atoms with Gasteiger partial charge in [-0.2, -0.15) is 0 Å². The van der Waals surface area contributed by atoms with E-state index < -0.39 is 16.0 Å². The second kappa shape index (κ2) is 8.51. The summed E-state index contributed by atoms with van der Waals surface area (Å²) in [6.45, 7) is 0.567. The Morgan fingerprint density at radius 3 is 2.74 bits per heavy atom. The molecule has 3 rings (SSSR count). The van der Waals surface area contributed by atoms with Gasteiger partial charge in [0.1, 0.15) is 5.75 Å². The summed E-state index contributed by atoms with van der Waals surface area (Å²) >= 11 is 0. The maximum Gasteiger partial charge on any atom is 0.341 e. The Kier molecular flexibility index (Phi) is 6.10. The molecule has 8 heteroatoms. The molecule has 0 aliphatic carbocycles. The topological polar surface area (TPSA) is 105 Å². The van der Waals surface area contributed by atoms with Gasteiger partial charge < -0.3 is 15.2 Å². The molecule has 0 aromatic heterocycles. The van der Waals surface area contributed by atoms with Crippen molar-refractivity contribution in [1.29, 1.82) is 0 Å². The first-order valence-corrected chi connectivity index (χ1v) is 10.3. The van der Waals surface area contributed by atoms with Crippen LogP contribution in [0.15, 0.2) is 48.5 Å². The predicted molar refractivity (Wildman–Crippen MR) is 101 cm³/mol. The van der Waals surface area contributed by atoms with E-state index in [2.05, 4.69) is 10.0 Å². The third kappa shape index (κ3) is 5.53. The third-order valence-corrected chi connectivity index (χ3v) is 5.66. The van der Waals surface area contributed by atoms with Gasteiger partial charge in [-0.3, -0.25) is 0 Å². The number of ether oxygens (including phenoxy) is 1. The lowest BCUT2D eigenvalue weighted by Gasteiger charge is -2.27.